The zero-order chi connectivity index (χ0) is 13.8. The lowest BCUT2D eigenvalue weighted by molar-refractivity contribution is -0.135. The van der Waals surface area contributed by atoms with Gasteiger partial charge in [0.1, 0.15) is 18.3 Å². The number of nitrogens with zero attached hydrogens (tertiary/aromatic N) is 1. The number of para-hydroxylation sites is 1. The average molecular weight is 271 g/mol. The molecule has 0 aliphatic carbocycles. The van der Waals surface area contributed by atoms with Crippen molar-refractivity contribution in [3.8, 4) is 5.75 Å². The smallest absolute Gasteiger partial charge is 0.255 e. The van der Waals surface area contributed by atoms with Gasteiger partial charge in [0.2, 0.25) is 5.91 Å². The summed E-state index contributed by atoms with van der Waals surface area (Å²) >= 11 is 0. The zero-order valence-electron chi connectivity index (χ0n) is 10.3. The molecule has 1 aromatic rings. The molecule has 0 spiro atoms. The summed E-state index contributed by atoms with van der Waals surface area (Å²) in [6.07, 6.45) is -2.62. The highest BCUT2D eigenvalue weighted by Crippen LogP contribution is 2.34. The number of hydrogen-bond donors (Lipinski definition) is 1. The number of amides is 1. The number of alkyl halides is 2. The van der Waals surface area contributed by atoms with Gasteiger partial charge in [-0.15, -0.1) is 0 Å². The van der Waals surface area contributed by atoms with E-state index in [0.29, 0.717) is 11.3 Å². The topological polar surface area (TPSA) is 49.8 Å². The summed E-state index contributed by atoms with van der Waals surface area (Å²) in [7, 11) is 0. The Balaban J connectivity index is 2.14. The number of rotatable bonds is 5. The van der Waals surface area contributed by atoms with E-state index in [2.05, 4.69) is 0 Å². The molecule has 0 saturated heterocycles. The van der Waals surface area contributed by atoms with Crippen molar-refractivity contribution >= 4 is 5.91 Å². The molecule has 0 saturated carbocycles. The van der Waals surface area contributed by atoms with Crippen LogP contribution in [0.4, 0.5) is 8.78 Å². The molecule has 104 valence electrons. The maximum atomic E-state index is 12.4. The zero-order valence-corrected chi connectivity index (χ0v) is 10.3. The van der Waals surface area contributed by atoms with Crippen molar-refractivity contribution in [2.45, 2.75) is 12.3 Å². The number of hydrogen-bond acceptors (Lipinski definition) is 3. The molecule has 6 heteroatoms. The summed E-state index contributed by atoms with van der Waals surface area (Å²) < 4.78 is 30.3. The Morgan fingerprint density at radius 2 is 2.21 bits per heavy atom. The van der Waals surface area contributed by atoms with E-state index in [9.17, 15) is 13.6 Å². The molecule has 1 unspecified atom stereocenters. The molecule has 1 aromatic carbocycles. The minimum absolute atomic E-state index is 0.0954. The van der Waals surface area contributed by atoms with E-state index < -0.39 is 24.8 Å². The minimum Gasteiger partial charge on any atom is -0.492 e. The molecule has 0 radical (unpaired) electrons. The third kappa shape index (κ3) is 3.01. The third-order valence-corrected chi connectivity index (χ3v) is 3.04. The van der Waals surface area contributed by atoms with E-state index in [1.807, 2.05) is 0 Å². The van der Waals surface area contributed by atoms with E-state index >= 15 is 0 Å². The van der Waals surface area contributed by atoms with Gasteiger partial charge in [-0.3, -0.25) is 4.79 Å². The summed E-state index contributed by atoms with van der Waals surface area (Å²) in [4.78, 5) is 13.2. The van der Waals surface area contributed by atoms with Crippen molar-refractivity contribution in [1.29, 1.82) is 0 Å². The molecule has 0 fully saturated rings. The van der Waals surface area contributed by atoms with Crippen molar-refractivity contribution in [2.24, 2.45) is 0 Å². The Morgan fingerprint density at radius 3 is 2.89 bits per heavy atom. The normalized spacial score (nSPS) is 17.2. The van der Waals surface area contributed by atoms with Gasteiger partial charge in [-0.25, -0.2) is 8.78 Å². The van der Waals surface area contributed by atoms with Gasteiger partial charge >= 0.3 is 0 Å². The lowest BCUT2D eigenvalue weighted by Crippen LogP contribution is -2.40. The third-order valence-electron chi connectivity index (χ3n) is 3.04. The van der Waals surface area contributed by atoms with Crippen LogP contribution in [-0.4, -0.2) is 48.6 Å². The van der Waals surface area contributed by atoms with Gasteiger partial charge in [0.05, 0.1) is 13.2 Å². The number of aliphatic hydroxyl groups excluding tert-OH is 1. The number of halogens is 2. The van der Waals surface area contributed by atoms with E-state index in [4.69, 9.17) is 9.84 Å². The van der Waals surface area contributed by atoms with Gasteiger partial charge < -0.3 is 14.7 Å². The first-order valence-electron chi connectivity index (χ1n) is 6.03. The van der Waals surface area contributed by atoms with E-state index in [0.717, 1.165) is 4.90 Å². The van der Waals surface area contributed by atoms with Gasteiger partial charge in [0.15, 0.2) is 0 Å². The van der Waals surface area contributed by atoms with Crippen LogP contribution in [-0.2, 0) is 4.79 Å². The maximum absolute atomic E-state index is 12.4. The Kier molecular flexibility index (Phi) is 4.31. The molecular weight excluding hydrogens is 256 g/mol. The van der Waals surface area contributed by atoms with Gasteiger partial charge in [-0.2, -0.15) is 0 Å². The van der Waals surface area contributed by atoms with Crippen LogP contribution in [0.15, 0.2) is 24.3 Å². The first-order chi connectivity index (χ1) is 9.13. The largest absolute Gasteiger partial charge is 0.492 e. The van der Waals surface area contributed by atoms with Crippen LogP contribution in [0.3, 0.4) is 0 Å². The summed E-state index contributed by atoms with van der Waals surface area (Å²) in [5.41, 5.74) is 0.713. The van der Waals surface area contributed by atoms with Crippen LogP contribution < -0.4 is 4.74 Å². The van der Waals surface area contributed by atoms with Gasteiger partial charge in [-0.05, 0) is 6.07 Å². The highest BCUT2D eigenvalue weighted by molar-refractivity contribution is 5.85. The Hall–Kier alpha value is -1.69. The fraction of sp³-hybridized carbons (Fsp3) is 0.462. The SMILES string of the molecule is O=C(C1COc2ccccc21)N(CCO)CC(F)F. The number of ether oxygens (including phenoxy) is 1. The van der Waals surface area contributed by atoms with Crippen LogP contribution in [0.1, 0.15) is 11.5 Å². The minimum atomic E-state index is -2.62. The van der Waals surface area contributed by atoms with Crippen LogP contribution >= 0.6 is 0 Å². The van der Waals surface area contributed by atoms with Gasteiger partial charge in [0, 0.05) is 12.1 Å². The summed E-state index contributed by atoms with van der Waals surface area (Å²) in [6.45, 7) is -0.947. The highest BCUT2D eigenvalue weighted by Gasteiger charge is 2.33. The second-order valence-corrected chi connectivity index (χ2v) is 4.30. The van der Waals surface area contributed by atoms with Crippen molar-refractivity contribution in [3.63, 3.8) is 0 Å². The fourth-order valence-electron chi connectivity index (χ4n) is 2.17. The lowest BCUT2D eigenvalue weighted by Gasteiger charge is -2.24. The number of fused-ring (bicyclic) bond motifs is 1. The molecular formula is C13H15F2NO3. The van der Waals surface area contributed by atoms with E-state index in [-0.39, 0.29) is 19.8 Å². The van der Waals surface area contributed by atoms with Crippen molar-refractivity contribution in [3.05, 3.63) is 29.8 Å². The summed E-state index contributed by atoms with van der Waals surface area (Å²) in [6, 6.07) is 7.06. The van der Waals surface area contributed by atoms with Crippen LogP contribution in [0.2, 0.25) is 0 Å². The standard InChI is InChI=1S/C13H15F2NO3/c14-12(15)7-16(5-6-17)13(18)10-8-19-11-4-2-1-3-9(10)11/h1-4,10,12,17H,5-8H2. The van der Waals surface area contributed by atoms with Crippen LogP contribution in [0.25, 0.3) is 0 Å². The first kappa shape index (κ1) is 13.7. The second-order valence-electron chi connectivity index (χ2n) is 4.30. The number of carbonyl (C=O) groups excluding carboxylic acids is 1. The second kappa shape index (κ2) is 5.97. The number of aliphatic hydroxyl groups is 1. The molecule has 4 nitrogen and oxygen atoms in total. The Morgan fingerprint density at radius 1 is 1.47 bits per heavy atom. The fourth-order valence-corrected chi connectivity index (χ4v) is 2.17. The highest BCUT2D eigenvalue weighted by atomic mass is 19.3. The number of carbonyl (C=O) groups is 1. The van der Waals surface area contributed by atoms with Crippen molar-refractivity contribution < 1.29 is 23.4 Å². The predicted molar refractivity (Wildman–Crippen MR) is 64.3 cm³/mol. The van der Waals surface area contributed by atoms with Gasteiger partial charge in [-0.1, -0.05) is 18.2 Å². The van der Waals surface area contributed by atoms with E-state index in [1.54, 1.807) is 24.3 Å². The molecule has 1 heterocycles. The molecule has 0 aromatic heterocycles. The molecule has 1 amide bonds. The van der Waals surface area contributed by atoms with Crippen molar-refractivity contribution in [1.82, 2.24) is 4.90 Å². The Labute approximate surface area is 109 Å². The average Bonchev–Trinajstić information content (AvgIpc) is 2.80. The van der Waals surface area contributed by atoms with E-state index in [1.165, 1.54) is 0 Å². The number of benzene rings is 1. The molecule has 1 aliphatic heterocycles. The maximum Gasteiger partial charge on any atom is 0.255 e. The predicted octanol–water partition coefficient (Wildman–Crippen LogP) is 1.25. The van der Waals surface area contributed by atoms with Crippen LogP contribution in [0, 0.1) is 0 Å². The van der Waals surface area contributed by atoms with Crippen LogP contribution in [0.5, 0.6) is 5.75 Å². The molecule has 1 N–H and O–H groups in total. The molecule has 2 rings (SSSR count). The first-order valence-corrected chi connectivity index (χ1v) is 6.03. The quantitative estimate of drug-likeness (QED) is 0.877. The Bertz CT molecular complexity index is 453. The molecule has 0 bridgehead atoms. The monoisotopic (exact) mass is 271 g/mol. The molecule has 1 atom stereocenters. The molecule has 19 heavy (non-hydrogen) atoms. The van der Waals surface area contributed by atoms with Gasteiger partial charge in [0.25, 0.3) is 6.43 Å². The lowest BCUT2D eigenvalue weighted by atomic mass is 10.00. The molecule has 1 aliphatic rings. The summed E-state index contributed by atoms with van der Waals surface area (Å²) in [5, 5.41) is 8.87. The van der Waals surface area contributed by atoms with Crippen molar-refractivity contribution in [2.75, 3.05) is 26.3 Å². The summed E-state index contributed by atoms with van der Waals surface area (Å²) in [5.74, 6) is -0.386.